The number of hydrogen-bond donors (Lipinski definition) is 0. The number of carbonyl (C=O) groups is 1. The van der Waals surface area contributed by atoms with Gasteiger partial charge in [-0.25, -0.2) is 0 Å². The monoisotopic (exact) mass is 349 g/mol. The summed E-state index contributed by atoms with van der Waals surface area (Å²) in [5.74, 6) is -0.627. The average molecular weight is 350 g/mol. The number of esters is 1. The molecule has 0 bridgehead atoms. The first-order chi connectivity index (χ1) is 9.33. The zero-order valence-electron chi connectivity index (χ0n) is 10.6. The smallest absolute Gasteiger partial charge is 0.416 e. The molecule has 0 amide bonds. The summed E-state index contributed by atoms with van der Waals surface area (Å²) in [6.07, 6.45) is -4.88. The molecule has 0 radical (unpaired) electrons. The Bertz CT molecular complexity index is 550. The summed E-state index contributed by atoms with van der Waals surface area (Å²) in [7, 11) is 0. The fourth-order valence-electron chi connectivity index (χ4n) is 1.73. The van der Waals surface area contributed by atoms with Crippen molar-refractivity contribution in [2.24, 2.45) is 0 Å². The molecule has 0 fully saturated rings. The number of nitrogens with zero attached hydrogens (tertiary/aromatic N) is 1. The van der Waals surface area contributed by atoms with E-state index in [1.165, 1.54) is 6.07 Å². The van der Waals surface area contributed by atoms with Crippen LogP contribution in [0.5, 0.6) is 0 Å². The summed E-state index contributed by atoms with van der Waals surface area (Å²) in [4.78, 5) is 11.4. The fourth-order valence-corrected chi connectivity index (χ4v) is 2.39. The zero-order chi connectivity index (χ0) is 15.3. The number of hydrogen-bond acceptors (Lipinski definition) is 3. The number of carbonyl (C=O) groups excluding carboxylic acids is 1. The molecular formula is C13H11BrF3NO2. The maximum atomic E-state index is 13.0. The van der Waals surface area contributed by atoms with E-state index in [0.717, 1.165) is 6.07 Å². The Morgan fingerprint density at radius 1 is 1.45 bits per heavy atom. The molecule has 1 rings (SSSR count). The quantitative estimate of drug-likeness (QED) is 0.616. The molecule has 0 heterocycles. The van der Waals surface area contributed by atoms with Crippen molar-refractivity contribution in [2.75, 3.05) is 6.61 Å². The molecule has 0 saturated heterocycles. The van der Waals surface area contributed by atoms with Crippen molar-refractivity contribution in [1.29, 1.82) is 5.26 Å². The summed E-state index contributed by atoms with van der Waals surface area (Å²) < 4.78 is 43.6. The van der Waals surface area contributed by atoms with Gasteiger partial charge in [-0.1, -0.05) is 15.9 Å². The molecule has 1 aromatic rings. The van der Waals surface area contributed by atoms with E-state index in [9.17, 15) is 18.0 Å². The highest BCUT2D eigenvalue weighted by Gasteiger charge is 2.34. The lowest BCUT2D eigenvalue weighted by Crippen LogP contribution is -2.14. The average Bonchev–Trinajstić information content (AvgIpc) is 2.36. The Morgan fingerprint density at radius 3 is 2.55 bits per heavy atom. The van der Waals surface area contributed by atoms with Gasteiger partial charge < -0.3 is 4.74 Å². The van der Waals surface area contributed by atoms with Crippen LogP contribution in [0.1, 0.15) is 29.2 Å². The molecule has 0 aliphatic rings. The van der Waals surface area contributed by atoms with Gasteiger partial charge in [0.05, 0.1) is 30.2 Å². The highest BCUT2D eigenvalue weighted by molar-refractivity contribution is 9.08. The largest absolute Gasteiger partial charge is 0.466 e. The third kappa shape index (κ3) is 3.97. The first-order valence-electron chi connectivity index (χ1n) is 5.68. The molecule has 0 aliphatic heterocycles. The first kappa shape index (κ1) is 16.5. The summed E-state index contributed by atoms with van der Waals surface area (Å²) in [5, 5.41) is 8.74. The third-order valence-electron chi connectivity index (χ3n) is 2.55. The van der Waals surface area contributed by atoms with E-state index in [1.54, 1.807) is 13.0 Å². The van der Waals surface area contributed by atoms with Crippen molar-refractivity contribution in [3.63, 3.8) is 0 Å². The Morgan fingerprint density at radius 2 is 2.10 bits per heavy atom. The number of halogens is 4. The molecule has 7 heteroatoms. The molecule has 0 aromatic heterocycles. The summed E-state index contributed by atoms with van der Waals surface area (Å²) in [5.41, 5.74) is -0.953. The van der Waals surface area contributed by atoms with E-state index >= 15 is 0 Å². The predicted molar refractivity (Wildman–Crippen MR) is 69.1 cm³/mol. The second-order valence-corrected chi connectivity index (χ2v) is 4.45. The van der Waals surface area contributed by atoms with Crippen molar-refractivity contribution >= 4 is 21.9 Å². The Labute approximate surface area is 122 Å². The molecule has 1 aromatic carbocycles. The van der Waals surface area contributed by atoms with E-state index in [1.807, 2.05) is 0 Å². The Kier molecular flexibility index (Phi) is 5.57. The van der Waals surface area contributed by atoms with Gasteiger partial charge in [0.2, 0.25) is 0 Å². The van der Waals surface area contributed by atoms with Crippen LogP contribution in [0, 0.1) is 11.3 Å². The molecule has 0 saturated carbocycles. The van der Waals surface area contributed by atoms with Crippen molar-refractivity contribution in [3.05, 3.63) is 34.4 Å². The van der Waals surface area contributed by atoms with Gasteiger partial charge in [0.1, 0.15) is 0 Å². The van der Waals surface area contributed by atoms with E-state index in [0.29, 0.717) is 0 Å². The Balaban J connectivity index is 3.35. The second-order valence-electron chi connectivity index (χ2n) is 3.89. The second kappa shape index (κ2) is 6.75. The third-order valence-corrected chi connectivity index (χ3v) is 3.11. The van der Waals surface area contributed by atoms with Gasteiger partial charge in [-0.15, -0.1) is 0 Å². The van der Waals surface area contributed by atoms with Crippen LogP contribution < -0.4 is 0 Å². The highest BCUT2D eigenvalue weighted by Crippen LogP contribution is 2.35. The standard InChI is InChI=1S/C13H11BrF3NO2/c1-2-20-12(19)5-9-3-8(7-18)4-11(10(9)6-14)13(15,16)17/h3-4H,2,5-6H2,1H3. The summed E-state index contributed by atoms with van der Waals surface area (Å²) >= 11 is 2.99. The van der Waals surface area contributed by atoms with E-state index in [-0.39, 0.29) is 35.0 Å². The van der Waals surface area contributed by atoms with Gasteiger partial charge >= 0.3 is 12.1 Å². The van der Waals surface area contributed by atoms with Crippen LogP contribution in [0.2, 0.25) is 0 Å². The molecule has 20 heavy (non-hydrogen) atoms. The Hall–Kier alpha value is -1.55. The highest BCUT2D eigenvalue weighted by atomic mass is 79.9. The van der Waals surface area contributed by atoms with Gasteiger partial charge in [0.25, 0.3) is 0 Å². The molecule has 0 atom stereocenters. The molecule has 3 nitrogen and oxygen atoms in total. The fraction of sp³-hybridized carbons (Fsp3) is 0.385. The van der Waals surface area contributed by atoms with Gasteiger partial charge in [-0.05, 0) is 30.2 Å². The molecule has 0 unspecified atom stereocenters. The van der Waals surface area contributed by atoms with Crippen LogP contribution in [0.25, 0.3) is 0 Å². The lowest BCUT2D eigenvalue weighted by atomic mass is 9.96. The van der Waals surface area contributed by atoms with Crippen LogP contribution in [0.15, 0.2) is 12.1 Å². The van der Waals surface area contributed by atoms with Crippen molar-refractivity contribution < 1.29 is 22.7 Å². The van der Waals surface area contributed by atoms with Gasteiger partial charge in [0.15, 0.2) is 0 Å². The van der Waals surface area contributed by atoms with Crippen LogP contribution >= 0.6 is 15.9 Å². The molecule has 0 N–H and O–H groups in total. The van der Waals surface area contributed by atoms with E-state index < -0.39 is 17.7 Å². The van der Waals surface area contributed by atoms with Crippen molar-refractivity contribution in [2.45, 2.75) is 24.9 Å². The van der Waals surface area contributed by atoms with E-state index in [2.05, 4.69) is 15.9 Å². The maximum absolute atomic E-state index is 13.0. The SMILES string of the molecule is CCOC(=O)Cc1cc(C#N)cc(C(F)(F)F)c1CBr. The maximum Gasteiger partial charge on any atom is 0.416 e. The van der Waals surface area contributed by atoms with Crippen LogP contribution in [0.3, 0.4) is 0 Å². The van der Waals surface area contributed by atoms with Crippen LogP contribution in [-0.4, -0.2) is 12.6 Å². The molecule has 108 valence electrons. The molecular weight excluding hydrogens is 339 g/mol. The first-order valence-corrected chi connectivity index (χ1v) is 6.80. The zero-order valence-corrected chi connectivity index (χ0v) is 12.1. The van der Waals surface area contributed by atoms with Crippen molar-refractivity contribution in [1.82, 2.24) is 0 Å². The number of benzene rings is 1. The van der Waals surface area contributed by atoms with E-state index in [4.69, 9.17) is 10.00 Å². The van der Waals surface area contributed by atoms with Gasteiger partial charge in [-0.2, -0.15) is 18.4 Å². The minimum absolute atomic E-state index is 0.0513. The van der Waals surface area contributed by atoms with Crippen LogP contribution in [0.4, 0.5) is 13.2 Å². The van der Waals surface area contributed by atoms with Crippen molar-refractivity contribution in [3.8, 4) is 6.07 Å². The summed E-state index contributed by atoms with van der Waals surface area (Å²) in [6.45, 7) is 1.75. The van der Waals surface area contributed by atoms with Gasteiger partial charge in [0, 0.05) is 5.33 Å². The predicted octanol–water partition coefficient (Wildman–Crippen LogP) is 3.58. The summed E-state index contributed by atoms with van der Waals surface area (Å²) in [6, 6.07) is 3.73. The lowest BCUT2D eigenvalue weighted by molar-refractivity contribution is -0.143. The number of rotatable bonds is 4. The van der Waals surface area contributed by atoms with Gasteiger partial charge in [-0.3, -0.25) is 4.79 Å². The molecule has 0 aliphatic carbocycles. The normalized spacial score (nSPS) is 11.0. The lowest BCUT2D eigenvalue weighted by Gasteiger charge is -2.16. The number of ether oxygens (including phenoxy) is 1. The topological polar surface area (TPSA) is 50.1 Å². The molecule has 0 spiro atoms. The minimum Gasteiger partial charge on any atom is -0.466 e. The van der Waals surface area contributed by atoms with Crippen LogP contribution in [-0.2, 0) is 27.5 Å². The number of nitriles is 1. The minimum atomic E-state index is -4.58. The number of alkyl halides is 4.